The highest BCUT2D eigenvalue weighted by molar-refractivity contribution is 5.82. The van der Waals surface area contributed by atoms with Gasteiger partial charge in [0, 0.05) is 44.6 Å². The summed E-state index contributed by atoms with van der Waals surface area (Å²) in [5.41, 5.74) is 3.23. The number of ether oxygens (including phenoxy) is 2. The minimum atomic E-state index is -0.247. The number of hydrogen-bond donors (Lipinski definition) is 1. The molecule has 1 aromatic carbocycles. The van der Waals surface area contributed by atoms with Gasteiger partial charge >= 0.3 is 0 Å². The van der Waals surface area contributed by atoms with E-state index in [9.17, 15) is 4.79 Å². The molecule has 6 heteroatoms. The van der Waals surface area contributed by atoms with Crippen molar-refractivity contribution in [3.63, 3.8) is 0 Å². The molecule has 25 heavy (non-hydrogen) atoms. The fraction of sp³-hybridized carbons (Fsp3) is 0.368. The Labute approximate surface area is 147 Å². The van der Waals surface area contributed by atoms with Crippen molar-refractivity contribution in [2.75, 3.05) is 33.9 Å². The van der Waals surface area contributed by atoms with E-state index in [-0.39, 0.29) is 11.9 Å². The van der Waals surface area contributed by atoms with E-state index in [0.29, 0.717) is 25.6 Å². The third kappa shape index (κ3) is 4.15. The summed E-state index contributed by atoms with van der Waals surface area (Å²) in [6, 6.07) is 11.8. The Kier molecular flexibility index (Phi) is 5.63. The van der Waals surface area contributed by atoms with Crippen LogP contribution in [0.25, 0.3) is 11.1 Å². The van der Waals surface area contributed by atoms with Crippen LogP contribution in [0.3, 0.4) is 0 Å². The van der Waals surface area contributed by atoms with Gasteiger partial charge < -0.3 is 19.7 Å². The van der Waals surface area contributed by atoms with E-state index >= 15 is 0 Å². The summed E-state index contributed by atoms with van der Waals surface area (Å²) in [5.74, 6) is 0.694. The lowest BCUT2D eigenvalue weighted by Gasteiger charge is -2.33. The maximum absolute atomic E-state index is 12.4. The third-order valence-electron chi connectivity index (χ3n) is 4.32. The van der Waals surface area contributed by atoms with E-state index in [4.69, 9.17) is 9.47 Å². The van der Waals surface area contributed by atoms with Gasteiger partial charge in [-0.2, -0.15) is 0 Å². The van der Waals surface area contributed by atoms with E-state index in [0.717, 1.165) is 23.2 Å². The van der Waals surface area contributed by atoms with Crippen molar-refractivity contribution < 1.29 is 14.3 Å². The topological polar surface area (TPSA) is 63.7 Å². The van der Waals surface area contributed by atoms with Gasteiger partial charge in [-0.05, 0) is 17.2 Å². The van der Waals surface area contributed by atoms with Gasteiger partial charge in [-0.3, -0.25) is 4.79 Å². The first kappa shape index (κ1) is 17.4. The molecule has 0 unspecified atom stereocenters. The SMILES string of the molecule is COC[C@@H]1NCCN(Cc2ccc(-c3ccc(OC)nc3)cc2)C1=O. The van der Waals surface area contributed by atoms with E-state index in [2.05, 4.69) is 34.6 Å². The van der Waals surface area contributed by atoms with Crippen LogP contribution in [0.5, 0.6) is 5.88 Å². The maximum atomic E-state index is 12.4. The van der Waals surface area contributed by atoms with Crippen molar-refractivity contribution in [2.45, 2.75) is 12.6 Å². The van der Waals surface area contributed by atoms with Crippen LogP contribution in [0.1, 0.15) is 5.56 Å². The molecule has 3 rings (SSSR count). The highest BCUT2D eigenvalue weighted by atomic mass is 16.5. The van der Waals surface area contributed by atoms with Crippen LogP contribution in [0.2, 0.25) is 0 Å². The second-order valence-electron chi connectivity index (χ2n) is 6.01. The molecule has 1 atom stereocenters. The number of rotatable bonds is 6. The molecule has 1 aromatic heterocycles. The monoisotopic (exact) mass is 341 g/mol. The summed E-state index contributed by atoms with van der Waals surface area (Å²) in [7, 11) is 3.21. The second kappa shape index (κ2) is 8.09. The van der Waals surface area contributed by atoms with Crippen LogP contribution >= 0.6 is 0 Å². The molecule has 132 valence electrons. The lowest BCUT2D eigenvalue weighted by Crippen LogP contribution is -2.56. The number of carbonyl (C=O) groups excluding carboxylic acids is 1. The molecular formula is C19H23N3O3. The van der Waals surface area contributed by atoms with Gasteiger partial charge in [0.15, 0.2) is 0 Å². The van der Waals surface area contributed by atoms with Gasteiger partial charge in [-0.25, -0.2) is 4.98 Å². The zero-order chi connectivity index (χ0) is 17.6. The first-order chi connectivity index (χ1) is 12.2. The van der Waals surface area contributed by atoms with Crippen molar-refractivity contribution in [1.82, 2.24) is 15.2 Å². The molecule has 0 radical (unpaired) electrons. The van der Waals surface area contributed by atoms with Crippen LogP contribution < -0.4 is 10.1 Å². The highest BCUT2D eigenvalue weighted by Crippen LogP contribution is 2.21. The van der Waals surface area contributed by atoms with Crippen molar-refractivity contribution in [2.24, 2.45) is 0 Å². The first-order valence-corrected chi connectivity index (χ1v) is 8.31. The Hall–Kier alpha value is -2.44. The zero-order valence-electron chi connectivity index (χ0n) is 14.6. The van der Waals surface area contributed by atoms with E-state index in [1.807, 2.05) is 17.0 Å². The van der Waals surface area contributed by atoms with E-state index in [1.54, 1.807) is 20.4 Å². The predicted octanol–water partition coefficient (Wildman–Crippen LogP) is 1.70. The molecule has 1 N–H and O–H groups in total. The number of hydrogen-bond acceptors (Lipinski definition) is 5. The summed E-state index contributed by atoms with van der Waals surface area (Å²) >= 11 is 0. The Balaban J connectivity index is 1.66. The molecule has 6 nitrogen and oxygen atoms in total. The summed E-state index contributed by atoms with van der Waals surface area (Å²) in [6.45, 7) is 2.51. The Morgan fingerprint density at radius 3 is 2.56 bits per heavy atom. The number of piperazine rings is 1. The molecule has 2 aromatic rings. The Bertz CT molecular complexity index is 699. The van der Waals surface area contributed by atoms with Crippen LogP contribution in [-0.2, 0) is 16.1 Å². The number of nitrogens with zero attached hydrogens (tertiary/aromatic N) is 2. The number of amides is 1. The molecule has 0 spiro atoms. The van der Waals surface area contributed by atoms with Crippen molar-refractivity contribution >= 4 is 5.91 Å². The normalized spacial score (nSPS) is 17.6. The molecule has 0 aliphatic carbocycles. The van der Waals surface area contributed by atoms with Crippen molar-refractivity contribution in [3.05, 3.63) is 48.2 Å². The quantitative estimate of drug-likeness (QED) is 0.866. The van der Waals surface area contributed by atoms with Gasteiger partial charge in [0.2, 0.25) is 11.8 Å². The molecule has 1 amide bonds. The van der Waals surface area contributed by atoms with Crippen molar-refractivity contribution in [3.8, 4) is 17.0 Å². The zero-order valence-corrected chi connectivity index (χ0v) is 14.6. The lowest BCUT2D eigenvalue weighted by molar-refractivity contribution is -0.137. The molecule has 1 aliphatic heterocycles. The molecular weight excluding hydrogens is 318 g/mol. The fourth-order valence-corrected chi connectivity index (χ4v) is 2.94. The standard InChI is InChI=1S/C19H23N3O3/c1-24-13-17-19(23)22(10-9-20-17)12-14-3-5-15(6-4-14)16-7-8-18(25-2)21-11-16/h3-8,11,17,20H,9-10,12-13H2,1-2H3/t17-/m0/s1. The van der Waals surface area contributed by atoms with E-state index in [1.165, 1.54) is 0 Å². The average Bonchev–Trinajstić information content (AvgIpc) is 2.66. The molecule has 1 aliphatic rings. The molecule has 0 saturated carbocycles. The number of aromatic nitrogens is 1. The Morgan fingerprint density at radius 1 is 1.16 bits per heavy atom. The number of nitrogens with one attached hydrogen (secondary N) is 1. The first-order valence-electron chi connectivity index (χ1n) is 8.31. The minimum Gasteiger partial charge on any atom is -0.481 e. The van der Waals surface area contributed by atoms with Crippen LogP contribution in [0.15, 0.2) is 42.6 Å². The second-order valence-corrected chi connectivity index (χ2v) is 6.01. The minimum absolute atomic E-state index is 0.0940. The predicted molar refractivity (Wildman–Crippen MR) is 95.3 cm³/mol. The largest absolute Gasteiger partial charge is 0.481 e. The van der Waals surface area contributed by atoms with Crippen LogP contribution in [-0.4, -0.2) is 55.7 Å². The number of pyridine rings is 1. The number of benzene rings is 1. The van der Waals surface area contributed by atoms with Crippen LogP contribution in [0, 0.1) is 0 Å². The fourth-order valence-electron chi connectivity index (χ4n) is 2.94. The van der Waals surface area contributed by atoms with E-state index < -0.39 is 0 Å². The van der Waals surface area contributed by atoms with Crippen LogP contribution in [0.4, 0.5) is 0 Å². The number of carbonyl (C=O) groups is 1. The summed E-state index contributed by atoms with van der Waals surface area (Å²) in [4.78, 5) is 18.5. The number of methoxy groups -OCH3 is 2. The van der Waals surface area contributed by atoms with Gasteiger partial charge in [-0.1, -0.05) is 24.3 Å². The average molecular weight is 341 g/mol. The van der Waals surface area contributed by atoms with Gasteiger partial charge in [0.1, 0.15) is 6.04 Å². The molecule has 1 fully saturated rings. The Morgan fingerprint density at radius 2 is 1.92 bits per heavy atom. The van der Waals surface area contributed by atoms with Gasteiger partial charge in [0.05, 0.1) is 13.7 Å². The smallest absolute Gasteiger partial charge is 0.242 e. The lowest BCUT2D eigenvalue weighted by atomic mass is 10.0. The van der Waals surface area contributed by atoms with Crippen molar-refractivity contribution in [1.29, 1.82) is 0 Å². The summed E-state index contributed by atoms with van der Waals surface area (Å²) in [6.07, 6.45) is 1.79. The highest BCUT2D eigenvalue weighted by Gasteiger charge is 2.27. The molecule has 1 saturated heterocycles. The third-order valence-corrected chi connectivity index (χ3v) is 4.32. The van der Waals surface area contributed by atoms with Gasteiger partial charge in [0.25, 0.3) is 0 Å². The maximum Gasteiger partial charge on any atom is 0.242 e. The van der Waals surface area contributed by atoms with Gasteiger partial charge in [-0.15, -0.1) is 0 Å². The summed E-state index contributed by atoms with van der Waals surface area (Å²) < 4.78 is 10.2. The summed E-state index contributed by atoms with van der Waals surface area (Å²) in [5, 5.41) is 3.19. The molecule has 0 bridgehead atoms. The molecule has 2 heterocycles.